The van der Waals surface area contributed by atoms with Gasteiger partial charge in [-0.2, -0.15) is 0 Å². The number of likely N-dealkylation sites (tertiary alicyclic amines) is 1. The van der Waals surface area contributed by atoms with Crippen molar-refractivity contribution in [3.05, 3.63) is 0 Å². The number of hydrogen-bond acceptors (Lipinski definition) is 3. The molecule has 0 radical (unpaired) electrons. The Labute approximate surface area is 108 Å². The van der Waals surface area contributed by atoms with Gasteiger partial charge >= 0.3 is 0 Å². The van der Waals surface area contributed by atoms with Gasteiger partial charge in [0, 0.05) is 19.6 Å². The van der Waals surface area contributed by atoms with Crippen LogP contribution in [-0.2, 0) is 9.59 Å². The lowest BCUT2D eigenvalue weighted by Crippen LogP contribution is -2.59. The molecule has 2 N–H and O–H groups in total. The Kier molecular flexibility index (Phi) is 4.58. The summed E-state index contributed by atoms with van der Waals surface area (Å²) in [5.74, 6) is 0.906. The van der Waals surface area contributed by atoms with Crippen molar-refractivity contribution in [2.45, 2.75) is 38.6 Å². The Hall–Kier alpha value is -1.10. The zero-order chi connectivity index (χ0) is 13.0. The van der Waals surface area contributed by atoms with E-state index < -0.39 is 0 Å². The fourth-order valence-corrected chi connectivity index (χ4v) is 2.81. The van der Waals surface area contributed by atoms with Gasteiger partial charge in [0.25, 0.3) is 0 Å². The second-order valence-electron chi connectivity index (χ2n) is 5.29. The predicted octanol–water partition coefficient (Wildman–Crippen LogP) is 0.113. The van der Waals surface area contributed by atoms with E-state index in [2.05, 4.69) is 17.6 Å². The number of piperazine rings is 1. The van der Waals surface area contributed by atoms with E-state index in [1.54, 1.807) is 0 Å². The van der Waals surface area contributed by atoms with Gasteiger partial charge in [0.05, 0.1) is 6.54 Å². The molecule has 0 saturated carbocycles. The van der Waals surface area contributed by atoms with E-state index in [4.69, 9.17) is 0 Å². The van der Waals surface area contributed by atoms with Gasteiger partial charge in [-0.05, 0) is 18.8 Å². The van der Waals surface area contributed by atoms with Gasteiger partial charge in [-0.15, -0.1) is 0 Å². The first kappa shape index (κ1) is 13.3. The summed E-state index contributed by atoms with van der Waals surface area (Å²) in [4.78, 5) is 25.2. The third-order valence-corrected chi connectivity index (χ3v) is 3.93. The Morgan fingerprint density at radius 1 is 1.39 bits per heavy atom. The Morgan fingerprint density at radius 3 is 2.67 bits per heavy atom. The maximum absolute atomic E-state index is 12.2. The van der Waals surface area contributed by atoms with E-state index in [1.165, 1.54) is 12.8 Å². The van der Waals surface area contributed by atoms with E-state index in [1.807, 2.05) is 4.90 Å². The van der Waals surface area contributed by atoms with Crippen LogP contribution in [0, 0.1) is 5.92 Å². The van der Waals surface area contributed by atoms with Crippen LogP contribution in [0.2, 0.25) is 0 Å². The largest absolute Gasteiger partial charge is 0.353 e. The summed E-state index contributed by atoms with van der Waals surface area (Å²) in [6.45, 7) is 4.63. The minimum Gasteiger partial charge on any atom is -0.353 e. The molecule has 0 aromatic carbocycles. The smallest absolute Gasteiger partial charge is 0.241 e. The number of amides is 2. The van der Waals surface area contributed by atoms with Crippen molar-refractivity contribution in [3.8, 4) is 0 Å². The van der Waals surface area contributed by atoms with Crippen LogP contribution < -0.4 is 10.6 Å². The molecular weight excluding hydrogens is 230 g/mol. The third kappa shape index (κ3) is 3.22. The number of carbonyl (C=O) groups is 2. The van der Waals surface area contributed by atoms with Crippen molar-refractivity contribution in [1.82, 2.24) is 15.5 Å². The van der Waals surface area contributed by atoms with Crippen LogP contribution in [0.3, 0.4) is 0 Å². The molecule has 5 nitrogen and oxygen atoms in total. The molecule has 0 aromatic rings. The zero-order valence-corrected chi connectivity index (χ0v) is 11.1. The van der Waals surface area contributed by atoms with Crippen molar-refractivity contribution in [2.24, 2.45) is 5.92 Å². The first-order valence-electron chi connectivity index (χ1n) is 6.99. The summed E-state index contributed by atoms with van der Waals surface area (Å²) in [6.07, 6.45) is 4.76. The maximum Gasteiger partial charge on any atom is 0.241 e. The van der Waals surface area contributed by atoms with Crippen LogP contribution in [0.1, 0.15) is 32.6 Å². The zero-order valence-electron chi connectivity index (χ0n) is 11.1. The fourth-order valence-electron chi connectivity index (χ4n) is 2.81. The number of carbonyl (C=O) groups excluding carboxylic acids is 2. The van der Waals surface area contributed by atoms with Crippen molar-refractivity contribution in [1.29, 1.82) is 0 Å². The predicted molar refractivity (Wildman–Crippen MR) is 69.0 cm³/mol. The van der Waals surface area contributed by atoms with Gasteiger partial charge in [-0.25, -0.2) is 0 Å². The first-order chi connectivity index (χ1) is 8.70. The van der Waals surface area contributed by atoms with E-state index in [0.717, 1.165) is 31.8 Å². The molecule has 1 atom stereocenters. The normalized spacial score (nSPS) is 25.9. The molecule has 5 heteroatoms. The average molecular weight is 253 g/mol. The molecule has 2 amide bonds. The molecule has 0 aliphatic carbocycles. The molecular formula is C13H23N3O2. The third-order valence-electron chi connectivity index (χ3n) is 3.93. The van der Waals surface area contributed by atoms with E-state index in [9.17, 15) is 9.59 Å². The van der Waals surface area contributed by atoms with Crippen LogP contribution in [-0.4, -0.2) is 48.9 Å². The summed E-state index contributed by atoms with van der Waals surface area (Å²) in [5, 5.41) is 5.73. The highest BCUT2D eigenvalue weighted by molar-refractivity contribution is 5.86. The quantitative estimate of drug-likeness (QED) is 0.750. The summed E-state index contributed by atoms with van der Waals surface area (Å²) in [6, 6.07) is -0.231. The number of hydrogen-bond donors (Lipinski definition) is 2. The van der Waals surface area contributed by atoms with Crippen LogP contribution in [0.15, 0.2) is 0 Å². The molecule has 18 heavy (non-hydrogen) atoms. The molecule has 0 aromatic heterocycles. The van der Waals surface area contributed by atoms with Crippen LogP contribution >= 0.6 is 0 Å². The molecule has 1 unspecified atom stereocenters. The number of rotatable bonds is 3. The molecule has 102 valence electrons. The van der Waals surface area contributed by atoms with Crippen molar-refractivity contribution >= 4 is 11.8 Å². The van der Waals surface area contributed by atoms with Crippen LogP contribution in [0.5, 0.6) is 0 Å². The Bertz CT molecular complexity index is 301. The van der Waals surface area contributed by atoms with E-state index in [-0.39, 0.29) is 24.4 Å². The number of piperidine rings is 1. The highest BCUT2D eigenvalue weighted by atomic mass is 16.2. The van der Waals surface area contributed by atoms with Gasteiger partial charge in [-0.3, -0.25) is 14.9 Å². The maximum atomic E-state index is 12.2. The second kappa shape index (κ2) is 6.18. The molecule has 0 bridgehead atoms. The summed E-state index contributed by atoms with van der Waals surface area (Å²) in [7, 11) is 0. The molecule has 2 heterocycles. The number of nitrogens with one attached hydrogen (secondary N) is 2. The standard InChI is InChI=1S/C13H23N3O2/c1-2-3-10-4-6-16(7-5-10)13(18)11-8-15-12(17)9-14-11/h10-11,14H,2-9H2,1H3,(H,15,17). The van der Waals surface area contributed by atoms with Crippen molar-refractivity contribution < 1.29 is 9.59 Å². The van der Waals surface area contributed by atoms with E-state index >= 15 is 0 Å². The lowest BCUT2D eigenvalue weighted by Gasteiger charge is -2.35. The SMILES string of the molecule is CCCC1CCN(C(=O)C2CNC(=O)CN2)CC1. The average Bonchev–Trinajstić information content (AvgIpc) is 2.40. The molecule has 2 aliphatic rings. The lowest BCUT2D eigenvalue weighted by molar-refractivity contribution is -0.136. The first-order valence-corrected chi connectivity index (χ1v) is 6.99. The monoisotopic (exact) mass is 253 g/mol. The fraction of sp³-hybridized carbons (Fsp3) is 0.846. The Balaban J connectivity index is 1.78. The van der Waals surface area contributed by atoms with Crippen LogP contribution in [0.4, 0.5) is 0 Å². The minimum absolute atomic E-state index is 0.0271. The van der Waals surface area contributed by atoms with E-state index in [0.29, 0.717) is 6.54 Å². The Morgan fingerprint density at radius 2 is 2.11 bits per heavy atom. The second-order valence-corrected chi connectivity index (χ2v) is 5.29. The molecule has 2 aliphatic heterocycles. The van der Waals surface area contributed by atoms with Crippen LogP contribution in [0.25, 0.3) is 0 Å². The summed E-state index contributed by atoms with van der Waals surface area (Å²) < 4.78 is 0. The van der Waals surface area contributed by atoms with Gasteiger partial charge in [0.1, 0.15) is 6.04 Å². The van der Waals surface area contributed by atoms with Gasteiger partial charge in [-0.1, -0.05) is 19.8 Å². The molecule has 0 spiro atoms. The highest BCUT2D eigenvalue weighted by Crippen LogP contribution is 2.22. The van der Waals surface area contributed by atoms with Gasteiger partial charge < -0.3 is 10.2 Å². The summed E-state index contributed by atoms with van der Waals surface area (Å²) >= 11 is 0. The molecule has 2 rings (SSSR count). The topological polar surface area (TPSA) is 61.4 Å². The highest BCUT2D eigenvalue weighted by Gasteiger charge is 2.30. The van der Waals surface area contributed by atoms with Gasteiger partial charge in [0.15, 0.2) is 0 Å². The summed E-state index contributed by atoms with van der Waals surface area (Å²) in [5.41, 5.74) is 0. The van der Waals surface area contributed by atoms with Crippen molar-refractivity contribution in [2.75, 3.05) is 26.2 Å². The van der Waals surface area contributed by atoms with Crippen molar-refractivity contribution in [3.63, 3.8) is 0 Å². The lowest BCUT2D eigenvalue weighted by atomic mass is 9.92. The number of nitrogens with zero attached hydrogens (tertiary/aromatic N) is 1. The molecule has 2 fully saturated rings. The van der Waals surface area contributed by atoms with Gasteiger partial charge in [0.2, 0.25) is 11.8 Å². The molecule has 2 saturated heterocycles. The minimum atomic E-state index is -0.231.